The number of nitrogens with zero attached hydrogens (tertiary/aromatic N) is 1. The van der Waals surface area contributed by atoms with E-state index in [4.69, 9.17) is 21.6 Å². The van der Waals surface area contributed by atoms with Crippen LogP contribution in [0.2, 0.25) is 5.02 Å². The minimum absolute atomic E-state index is 0.0752. The van der Waals surface area contributed by atoms with E-state index >= 15 is 0 Å². The number of fused-ring (bicyclic) bond motifs is 1. The van der Waals surface area contributed by atoms with Crippen molar-refractivity contribution in [3.63, 3.8) is 0 Å². The highest BCUT2D eigenvalue weighted by atomic mass is 35.5. The fourth-order valence-corrected chi connectivity index (χ4v) is 4.11. The molecule has 2 atom stereocenters. The fraction of sp³-hybridized carbons (Fsp3) is 0.188. The van der Waals surface area contributed by atoms with Crippen LogP contribution >= 0.6 is 11.6 Å². The molecule has 26 heavy (non-hydrogen) atoms. The number of hydrogen-bond acceptors (Lipinski definition) is 3. The Morgan fingerprint density at radius 2 is 1.96 bits per heavy atom. The van der Waals surface area contributed by atoms with E-state index in [0.29, 0.717) is 0 Å². The molecule has 3 rings (SSSR count). The van der Waals surface area contributed by atoms with Gasteiger partial charge in [0.1, 0.15) is 22.3 Å². The van der Waals surface area contributed by atoms with E-state index in [2.05, 4.69) is 0 Å². The van der Waals surface area contributed by atoms with E-state index in [0.717, 1.165) is 12.1 Å². The Balaban J connectivity index is 2.14. The van der Waals surface area contributed by atoms with Crippen LogP contribution in [0.5, 0.6) is 11.5 Å². The molecule has 136 valence electrons. The molecule has 2 unspecified atom stereocenters. The quantitative estimate of drug-likeness (QED) is 0.616. The number of halogens is 6. The van der Waals surface area contributed by atoms with Crippen LogP contribution in [0.3, 0.4) is 0 Å². The van der Waals surface area contributed by atoms with Crippen LogP contribution in [-0.2, 0) is 10.8 Å². The van der Waals surface area contributed by atoms with Crippen LogP contribution in [0.4, 0.5) is 22.0 Å². The summed E-state index contributed by atoms with van der Waals surface area (Å²) in [5.41, 5.74) is -1.77. The fourth-order valence-electron chi connectivity index (χ4n) is 2.52. The summed E-state index contributed by atoms with van der Waals surface area (Å²) in [6.07, 6.45) is -6.30. The van der Waals surface area contributed by atoms with Gasteiger partial charge in [0.2, 0.25) is 6.17 Å². The van der Waals surface area contributed by atoms with Gasteiger partial charge in [-0.25, -0.2) is 17.4 Å². The van der Waals surface area contributed by atoms with E-state index in [1.807, 2.05) is 0 Å². The molecule has 0 aromatic heterocycles. The van der Waals surface area contributed by atoms with Crippen molar-refractivity contribution in [2.24, 2.45) is 0 Å². The monoisotopic (exact) mass is 407 g/mol. The lowest BCUT2D eigenvalue weighted by molar-refractivity contribution is 0.0143. The Morgan fingerprint density at radius 3 is 2.58 bits per heavy atom. The molecule has 1 heterocycles. The zero-order valence-electron chi connectivity index (χ0n) is 12.5. The van der Waals surface area contributed by atoms with E-state index in [9.17, 15) is 26.2 Å². The maximum absolute atomic E-state index is 13.8. The number of hydrogen-bond donors (Lipinski definition) is 0. The molecule has 2 aromatic carbocycles. The number of benzene rings is 2. The Kier molecular flexibility index (Phi) is 4.67. The number of alkyl halides is 5. The summed E-state index contributed by atoms with van der Waals surface area (Å²) >= 11 is 5.79. The van der Waals surface area contributed by atoms with Crippen molar-refractivity contribution >= 4 is 22.4 Å². The van der Waals surface area contributed by atoms with Gasteiger partial charge in [0.05, 0.1) is 22.1 Å². The third-order valence-corrected chi connectivity index (χ3v) is 5.38. The minimum atomic E-state index is -4.31. The van der Waals surface area contributed by atoms with E-state index in [-0.39, 0.29) is 16.3 Å². The SMILES string of the molecule is N#Cc1cc(Cl)cc(Oc2ccc3c(c2C(F)F)S(=O)C(F)(F)C3F)c1. The van der Waals surface area contributed by atoms with Crippen molar-refractivity contribution in [1.82, 2.24) is 0 Å². The van der Waals surface area contributed by atoms with Gasteiger partial charge in [-0.3, -0.25) is 0 Å². The number of ether oxygens (including phenoxy) is 1. The van der Waals surface area contributed by atoms with Gasteiger partial charge in [-0.2, -0.15) is 14.0 Å². The summed E-state index contributed by atoms with van der Waals surface area (Å²) in [5, 5.41) is 4.66. The third-order valence-electron chi connectivity index (χ3n) is 3.63. The standard InChI is InChI=1S/C16H7ClF5NO2S/c17-8-3-7(6-23)4-9(5-8)25-11-2-1-10-13(12(11)15(19)20)26(24)16(21,22)14(10)18/h1-5,14-15H. The third kappa shape index (κ3) is 2.93. The predicted molar refractivity (Wildman–Crippen MR) is 82.8 cm³/mol. The van der Waals surface area contributed by atoms with Crippen LogP contribution in [-0.4, -0.2) is 9.46 Å². The summed E-state index contributed by atoms with van der Waals surface area (Å²) in [4.78, 5) is -0.975. The Morgan fingerprint density at radius 1 is 1.27 bits per heavy atom. The van der Waals surface area contributed by atoms with Crippen molar-refractivity contribution in [3.05, 3.63) is 52.0 Å². The molecule has 10 heteroatoms. The van der Waals surface area contributed by atoms with Crippen LogP contribution in [0.1, 0.15) is 29.3 Å². The second-order valence-electron chi connectivity index (χ2n) is 5.28. The maximum Gasteiger partial charge on any atom is 0.360 e. The minimum Gasteiger partial charge on any atom is -0.457 e. The maximum atomic E-state index is 13.8. The van der Waals surface area contributed by atoms with Crippen molar-refractivity contribution < 1.29 is 30.9 Å². The molecule has 2 aromatic rings. The van der Waals surface area contributed by atoms with Crippen molar-refractivity contribution in [2.45, 2.75) is 22.7 Å². The average Bonchev–Trinajstić information content (AvgIpc) is 2.74. The molecule has 0 bridgehead atoms. The Bertz CT molecular complexity index is 960. The summed E-state index contributed by atoms with van der Waals surface area (Å²) < 4.78 is 85.3. The highest BCUT2D eigenvalue weighted by Gasteiger charge is 2.57. The van der Waals surface area contributed by atoms with E-state index in [1.165, 1.54) is 18.2 Å². The van der Waals surface area contributed by atoms with Gasteiger partial charge in [-0.1, -0.05) is 17.7 Å². The normalized spacial score (nSPS) is 20.7. The van der Waals surface area contributed by atoms with Gasteiger partial charge in [0, 0.05) is 10.6 Å². The first-order chi connectivity index (χ1) is 12.2. The highest BCUT2D eigenvalue weighted by molar-refractivity contribution is 7.86. The van der Waals surface area contributed by atoms with Gasteiger partial charge in [0.25, 0.3) is 6.43 Å². The molecule has 0 amide bonds. The molecule has 0 saturated heterocycles. The molecular weight excluding hydrogens is 401 g/mol. The average molecular weight is 408 g/mol. The summed E-state index contributed by atoms with van der Waals surface area (Å²) in [7, 11) is -3.30. The molecule has 1 aliphatic rings. The molecule has 0 radical (unpaired) electrons. The molecule has 3 nitrogen and oxygen atoms in total. The van der Waals surface area contributed by atoms with Crippen LogP contribution in [0.25, 0.3) is 0 Å². The van der Waals surface area contributed by atoms with Crippen LogP contribution < -0.4 is 4.74 Å². The number of nitriles is 1. The van der Waals surface area contributed by atoms with E-state index in [1.54, 1.807) is 6.07 Å². The first-order valence-corrected chi connectivity index (χ1v) is 8.46. The van der Waals surface area contributed by atoms with Gasteiger partial charge in [-0.05, 0) is 24.3 Å². The summed E-state index contributed by atoms with van der Waals surface area (Å²) in [5.74, 6) is -0.689. The largest absolute Gasteiger partial charge is 0.457 e. The topological polar surface area (TPSA) is 50.1 Å². The molecule has 0 saturated carbocycles. The van der Waals surface area contributed by atoms with E-state index < -0.39 is 50.4 Å². The zero-order chi connectivity index (χ0) is 19.2. The van der Waals surface area contributed by atoms with Crippen molar-refractivity contribution in [1.29, 1.82) is 5.26 Å². The first kappa shape index (κ1) is 18.6. The van der Waals surface area contributed by atoms with Crippen molar-refractivity contribution in [3.8, 4) is 17.6 Å². The lowest BCUT2D eigenvalue weighted by atomic mass is 10.1. The van der Waals surface area contributed by atoms with Gasteiger partial charge in [-0.15, -0.1) is 0 Å². The first-order valence-electron chi connectivity index (χ1n) is 6.94. The Hall–Kier alpha value is -2.18. The molecule has 0 aliphatic carbocycles. The van der Waals surface area contributed by atoms with Crippen molar-refractivity contribution in [2.75, 3.05) is 0 Å². The van der Waals surface area contributed by atoms with Gasteiger partial charge in [0.15, 0.2) is 0 Å². The lowest BCUT2D eigenvalue weighted by Gasteiger charge is -2.14. The summed E-state index contributed by atoms with van der Waals surface area (Å²) in [6.45, 7) is 0. The van der Waals surface area contributed by atoms with Crippen LogP contribution in [0, 0.1) is 11.3 Å². The number of rotatable bonds is 3. The molecule has 0 N–H and O–H groups in total. The van der Waals surface area contributed by atoms with Gasteiger partial charge < -0.3 is 4.74 Å². The summed E-state index contributed by atoms with van der Waals surface area (Å²) in [6, 6.07) is 7.21. The molecule has 0 spiro atoms. The smallest absolute Gasteiger partial charge is 0.360 e. The zero-order valence-corrected chi connectivity index (χ0v) is 14.1. The molecular formula is C16H7ClF5NO2S. The second kappa shape index (κ2) is 6.52. The predicted octanol–water partition coefficient (Wildman–Crippen LogP) is 5.67. The second-order valence-corrected chi connectivity index (χ2v) is 7.21. The molecule has 0 fully saturated rings. The Labute approximate surface area is 151 Å². The molecule has 1 aliphatic heterocycles. The van der Waals surface area contributed by atoms with Crippen LogP contribution in [0.15, 0.2) is 35.2 Å². The lowest BCUT2D eigenvalue weighted by Crippen LogP contribution is -2.22. The highest BCUT2D eigenvalue weighted by Crippen LogP contribution is 2.53. The van der Waals surface area contributed by atoms with Gasteiger partial charge >= 0.3 is 5.25 Å².